The van der Waals surface area contributed by atoms with Crippen molar-refractivity contribution in [2.24, 2.45) is 0 Å². The van der Waals surface area contributed by atoms with Crippen LogP contribution in [0.2, 0.25) is 0 Å². The molecule has 1 aliphatic heterocycles. The van der Waals surface area contributed by atoms with Crippen LogP contribution in [-0.4, -0.2) is 55.6 Å². The molecule has 100 valence electrons. The maximum absolute atomic E-state index is 11.7. The largest absolute Gasteiger partial charge is 0.481 e. The normalized spacial score (nSPS) is 18.8. The van der Waals surface area contributed by atoms with E-state index in [9.17, 15) is 18.0 Å². The fraction of sp³-hybridized carbons (Fsp3) is 0.889. The SMILES string of the molecule is O=C(O)CC1(NCCOCC(F)(F)F)CNC1. The molecule has 5 nitrogen and oxygen atoms in total. The van der Waals surface area contributed by atoms with Crippen LogP contribution in [0.25, 0.3) is 0 Å². The van der Waals surface area contributed by atoms with Gasteiger partial charge in [0.25, 0.3) is 0 Å². The van der Waals surface area contributed by atoms with Crippen LogP contribution in [0.3, 0.4) is 0 Å². The van der Waals surface area contributed by atoms with Gasteiger partial charge >= 0.3 is 12.1 Å². The summed E-state index contributed by atoms with van der Waals surface area (Å²) in [6.07, 6.45) is -4.38. The Balaban J connectivity index is 2.14. The van der Waals surface area contributed by atoms with Gasteiger partial charge in [-0.1, -0.05) is 0 Å². The first-order valence-corrected chi connectivity index (χ1v) is 5.15. The van der Waals surface area contributed by atoms with Gasteiger partial charge in [-0.25, -0.2) is 0 Å². The molecular weight excluding hydrogens is 241 g/mol. The third kappa shape index (κ3) is 5.33. The number of hydrogen-bond acceptors (Lipinski definition) is 4. The van der Waals surface area contributed by atoms with Crippen LogP contribution < -0.4 is 10.6 Å². The maximum Gasteiger partial charge on any atom is 0.411 e. The van der Waals surface area contributed by atoms with Crippen molar-refractivity contribution in [3.8, 4) is 0 Å². The topological polar surface area (TPSA) is 70.6 Å². The van der Waals surface area contributed by atoms with Crippen molar-refractivity contribution in [3.63, 3.8) is 0 Å². The highest BCUT2D eigenvalue weighted by Gasteiger charge is 2.38. The van der Waals surface area contributed by atoms with E-state index in [2.05, 4.69) is 15.4 Å². The monoisotopic (exact) mass is 256 g/mol. The van der Waals surface area contributed by atoms with E-state index in [-0.39, 0.29) is 19.6 Å². The standard InChI is InChI=1S/C9H15F3N2O3/c10-9(11,12)6-17-2-1-14-8(3-7(15)16)4-13-5-8/h13-14H,1-6H2,(H,15,16). The summed E-state index contributed by atoms with van der Waals surface area (Å²) in [5.41, 5.74) is -0.548. The highest BCUT2D eigenvalue weighted by atomic mass is 19.4. The Morgan fingerprint density at radius 2 is 2.12 bits per heavy atom. The number of halogens is 3. The number of carboxylic acid groups (broad SMARTS) is 1. The van der Waals surface area contributed by atoms with E-state index in [4.69, 9.17) is 5.11 Å². The molecule has 1 heterocycles. The number of carboxylic acids is 1. The molecule has 0 amide bonds. The minimum absolute atomic E-state index is 0.0563. The minimum atomic E-state index is -4.32. The molecule has 0 atom stereocenters. The van der Waals surface area contributed by atoms with E-state index < -0.39 is 24.3 Å². The second kappa shape index (κ2) is 5.65. The lowest BCUT2D eigenvalue weighted by atomic mass is 9.88. The van der Waals surface area contributed by atoms with Gasteiger partial charge in [0.05, 0.1) is 18.6 Å². The van der Waals surface area contributed by atoms with Crippen molar-refractivity contribution < 1.29 is 27.8 Å². The van der Waals surface area contributed by atoms with E-state index in [1.165, 1.54) is 0 Å². The third-order valence-corrected chi connectivity index (χ3v) is 2.43. The van der Waals surface area contributed by atoms with E-state index in [1.54, 1.807) is 0 Å². The summed E-state index contributed by atoms with van der Waals surface area (Å²) in [5.74, 6) is -0.935. The zero-order chi connectivity index (χ0) is 12.9. The highest BCUT2D eigenvalue weighted by Crippen LogP contribution is 2.16. The van der Waals surface area contributed by atoms with Gasteiger partial charge in [0.1, 0.15) is 6.61 Å². The van der Waals surface area contributed by atoms with Gasteiger partial charge in [0, 0.05) is 19.6 Å². The van der Waals surface area contributed by atoms with Crippen LogP contribution in [-0.2, 0) is 9.53 Å². The van der Waals surface area contributed by atoms with Gasteiger partial charge in [-0.15, -0.1) is 0 Å². The predicted octanol–water partition coefficient (Wildman–Crippen LogP) is -0.0284. The van der Waals surface area contributed by atoms with Crippen LogP contribution in [0.15, 0.2) is 0 Å². The molecule has 8 heteroatoms. The summed E-state index contributed by atoms with van der Waals surface area (Å²) in [6, 6.07) is 0. The van der Waals surface area contributed by atoms with Gasteiger partial charge in [-0.3, -0.25) is 4.79 Å². The zero-order valence-corrected chi connectivity index (χ0v) is 9.14. The second-order valence-electron chi connectivity index (χ2n) is 4.05. The maximum atomic E-state index is 11.7. The van der Waals surface area contributed by atoms with Gasteiger partial charge in [-0.2, -0.15) is 13.2 Å². The molecule has 0 aliphatic carbocycles. The summed E-state index contributed by atoms with van der Waals surface area (Å²) in [5, 5.41) is 14.5. The van der Waals surface area contributed by atoms with Gasteiger partial charge in [-0.05, 0) is 0 Å². The molecule has 1 rings (SSSR count). The Bertz CT molecular complexity index is 267. The van der Waals surface area contributed by atoms with Crippen molar-refractivity contribution in [1.82, 2.24) is 10.6 Å². The molecule has 3 N–H and O–H groups in total. The molecule has 1 fully saturated rings. The third-order valence-electron chi connectivity index (χ3n) is 2.43. The Kier molecular flexibility index (Phi) is 4.72. The van der Waals surface area contributed by atoms with Crippen molar-refractivity contribution in [2.75, 3.05) is 32.8 Å². The summed E-state index contributed by atoms with van der Waals surface area (Å²) in [7, 11) is 0. The lowest BCUT2D eigenvalue weighted by Crippen LogP contribution is -2.68. The Hall–Kier alpha value is -0.860. The van der Waals surface area contributed by atoms with Crippen LogP contribution in [0, 0.1) is 0 Å². The molecule has 0 aromatic heterocycles. The first-order chi connectivity index (χ1) is 7.83. The highest BCUT2D eigenvalue weighted by molar-refractivity contribution is 5.68. The summed E-state index contributed by atoms with van der Waals surface area (Å²) >= 11 is 0. The quantitative estimate of drug-likeness (QED) is 0.558. The van der Waals surface area contributed by atoms with Gasteiger partial charge in [0.2, 0.25) is 0 Å². The number of rotatable bonds is 7. The zero-order valence-electron chi connectivity index (χ0n) is 9.14. The molecule has 1 saturated heterocycles. The number of nitrogens with one attached hydrogen (secondary N) is 2. The fourth-order valence-corrected chi connectivity index (χ4v) is 1.61. The van der Waals surface area contributed by atoms with E-state index >= 15 is 0 Å². The van der Waals surface area contributed by atoms with E-state index in [1.807, 2.05) is 0 Å². The van der Waals surface area contributed by atoms with Crippen molar-refractivity contribution in [3.05, 3.63) is 0 Å². The predicted molar refractivity (Wildman–Crippen MR) is 52.7 cm³/mol. The molecule has 0 bridgehead atoms. The molecule has 0 aromatic rings. The Labute approximate surface area is 96.3 Å². The first-order valence-electron chi connectivity index (χ1n) is 5.15. The number of ether oxygens (including phenoxy) is 1. The van der Waals surface area contributed by atoms with Crippen LogP contribution in [0.4, 0.5) is 13.2 Å². The Morgan fingerprint density at radius 3 is 2.53 bits per heavy atom. The molecule has 0 spiro atoms. The summed E-state index contributed by atoms with van der Waals surface area (Å²) < 4.78 is 39.6. The van der Waals surface area contributed by atoms with Crippen LogP contribution in [0.1, 0.15) is 6.42 Å². The van der Waals surface area contributed by atoms with Gasteiger partial charge < -0.3 is 20.5 Å². The molecule has 1 aliphatic rings. The second-order valence-corrected chi connectivity index (χ2v) is 4.05. The van der Waals surface area contributed by atoms with Crippen molar-refractivity contribution in [1.29, 1.82) is 0 Å². The smallest absolute Gasteiger partial charge is 0.411 e. The summed E-state index contributed by atoms with van der Waals surface area (Å²) in [4.78, 5) is 10.6. The molecule has 0 radical (unpaired) electrons. The average Bonchev–Trinajstić information content (AvgIpc) is 2.10. The summed E-state index contributed by atoms with van der Waals surface area (Å²) in [6.45, 7) is -0.179. The van der Waals surface area contributed by atoms with Crippen molar-refractivity contribution in [2.45, 2.75) is 18.1 Å². The van der Waals surface area contributed by atoms with E-state index in [0.29, 0.717) is 13.1 Å². The minimum Gasteiger partial charge on any atom is -0.481 e. The number of carbonyl (C=O) groups is 1. The Morgan fingerprint density at radius 1 is 1.47 bits per heavy atom. The molecule has 0 aromatic carbocycles. The van der Waals surface area contributed by atoms with Gasteiger partial charge in [0.15, 0.2) is 0 Å². The molecule has 0 unspecified atom stereocenters. The van der Waals surface area contributed by atoms with E-state index in [0.717, 1.165) is 0 Å². The number of hydrogen-bond donors (Lipinski definition) is 3. The lowest BCUT2D eigenvalue weighted by molar-refractivity contribution is -0.173. The van der Waals surface area contributed by atoms with Crippen LogP contribution >= 0.6 is 0 Å². The van der Waals surface area contributed by atoms with Crippen LogP contribution in [0.5, 0.6) is 0 Å². The van der Waals surface area contributed by atoms with Crippen molar-refractivity contribution >= 4 is 5.97 Å². The number of aliphatic carboxylic acids is 1. The molecule has 17 heavy (non-hydrogen) atoms. The molecule has 0 saturated carbocycles. The first kappa shape index (κ1) is 14.2. The number of alkyl halides is 3. The lowest BCUT2D eigenvalue weighted by Gasteiger charge is -2.42. The fourth-order valence-electron chi connectivity index (χ4n) is 1.61. The average molecular weight is 256 g/mol. The molecular formula is C9H15F3N2O3.